The molecular formula is C12H15ClN2O3. The summed E-state index contributed by atoms with van der Waals surface area (Å²) in [6.07, 6.45) is 0.512. The fraction of sp³-hybridized carbons (Fsp3) is 0.333. The highest BCUT2D eigenvalue weighted by molar-refractivity contribution is 6.19. The summed E-state index contributed by atoms with van der Waals surface area (Å²) in [5, 5.41) is 11.4. The van der Waals surface area contributed by atoms with Crippen molar-refractivity contribution in [1.29, 1.82) is 0 Å². The van der Waals surface area contributed by atoms with Crippen LogP contribution in [-0.2, 0) is 16.0 Å². The molecule has 1 rings (SSSR count). The minimum absolute atomic E-state index is 0.153. The second-order valence-electron chi connectivity index (χ2n) is 3.83. The average molecular weight is 271 g/mol. The van der Waals surface area contributed by atoms with Crippen molar-refractivity contribution in [1.82, 2.24) is 0 Å². The minimum atomic E-state index is -1.03. The topological polar surface area (TPSA) is 92.4 Å². The number of carboxylic acids is 1. The van der Waals surface area contributed by atoms with Crippen LogP contribution in [-0.4, -0.2) is 28.9 Å². The van der Waals surface area contributed by atoms with Gasteiger partial charge in [0, 0.05) is 18.0 Å². The Labute approximate surface area is 110 Å². The zero-order valence-corrected chi connectivity index (χ0v) is 10.5. The highest BCUT2D eigenvalue weighted by Crippen LogP contribution is 2.11. The number of alkyl halides is 1. The number of hydrogen-bond acceptors (Lipinski definition) is 3. The lowest BCUT2D eigenvalue weighted by Crippen LogP contribution is -2.32. The summed E-state index contributed by atoms with van der Waals surface area (Å²) >= 11 is 5.44. The Hall–Kier alpha value is -1.59. The molecule has 0 saturated heterocycles. The van der Waals surface area contributed by atoms with E-state index in [0.29, 0.717) is 5.69 Å². The van der Waals surface area contributed by atoms with Crippen molar-refractivity contribution in [3.8, 4) is 0 Å². The van der Waals surface area contributed by atoms with Gasteiger partial charge in [-0.15, -0.1) is 11.6 Å². The zero-order chi connectivity index (χ0) is 13.5. The number of rotatable bonds is 6. The van der Waals surface area contributed by atoms with Crippen LogP contribution in [0.5, 0.6) is 0 Å². The number of amides is 1. The Morgan fingerprint density at radius 3 is 2.44 bits per heavy atom. The average Bonchev–Trinajstić information content (AvgIpc) is 2.31. The quantitative estimate of drug-likeness (QED) is 0.678. The van der Waals surface area contributed by atoms with Crippen LogP contribution in [0.4, 0.5) is 5.69 Å². The number of nitrogens with two attached hydrogens (primary N) is 1. The second kappa shape index (κ2) is 6.98. The van der Waals surface area contributed by atoms with Gasteiger partial charge >= 0.3 is 5.97 Å². The van der Waals surface area contributed by atoms with Crippen molar-refractivity contribution in [3.63, 3.8) is 0 Å². The number of halogens is 1. The number of benzene rings is 1. The molecule has 1 amide bonds. The highest BCUT2D eigenvalue weighted by atomic mass is 35.5. The molecule has 6 heteroatoms. The SMILES string of the molecule is NC(Cc1ccc(NC(=O)CCCl)cc1)C(=O)O. The maximum absolute atomic E-state index is 11.3. The molecule has 0 aliphatic rings. The molecule has 4 N–H and O–H groups in total. The molecule has 5 nitrogen and oxygen atoms in total. The summed E-state index contributed by atoms with van der Waals surface area (Å²) < 4.78 is 0. The van der Waals surface area contributed by atoms with Gasteiger partial charge in [-0.3, -0.25) is 9.59 Å². The molecule has 0 aliphatic heterocycles. The van der Waals surface area contributed by atoms with Crippen LogP contribution in [0, 0.1) is 0 Å². The number of carbonyl (C=O) groups excluding carboxylic acids is 1. The maximum atomic E-state index is 11.3. The van der Waals surface area contributed by atoms with Crippen LogP contribution in [0.25, 0.3) is 0 Å². The van der Waals surface area contributed by atoms with E-state index >= 15 is 0 Å². The van der Waals surface area contributed by atoms with Crippen LogP contribution in [0.2, 0.25) is 0 Å². The van der Waals surface area contributed by atoms with Crippen molar-refractivity contribution >= 4 is 29.2 Å². The molecular weight excluding hydrogens is 256 g/mol. The smallest absolute Gasteiger partial charge is 0.320 e. The van der Waals surface area contributed by atoms with Crippen molar-refractivity contribution < 1.29 is 14.7 Å². The normalized spacial score (nSPS) is 11.9. The third-order valence-corrected chi connectivity index (χ3v) is 2.52. The summed E-state index contributed by atoms with van der Waals surface area (Å²) in [5.74, 6) is -0.910. The largest absolute Gasteiger partial charge is 0.480 e. The molecule has 98 valence electrons. The first-order chi connectivity index (χ1) is 8.52. The Kier molecular flexibility index (Phi) is 5.61. The van der Waals surface area contributed by atoms with E-state index in [1.54, 1.807) is 24.3 Å². The molecule has 1 aromatic carbocycles. The lowest BCUT2D eigenvalue weighted by molar-refractivity contribution is -0.138. The van der Waals surface area contributed by atoms with Gasteiger partial charge in [0.05, 0.1) is 0 Å². The number of hydrogen-bond donors (Lipinski definition) is 3. The summed E-state index contributed by atoms with van der Waals surface area (Å²) in [5.41, 5.74) is 6.88. The zero-order valence-electron chi connectivity index (χ0n) is 9.73. The first kappa shape index (κ1) is 14.5. The summed E-state index contributed by atoms with van der Waals surface area (Å²) in [4.78, 5) is 21.9. The third-order valence-electron chi connectivity index (χ3n) is 2.33. The molecule has 1 atom stereocenters. The number of carbonyl (C=O) groups is 2. The van der Waals surface area contributed by atoms with Crippen LogP contribution < -0.4 is 11.1 Å². The van der Waals surface area contributed by atoms with E-state index < -0.39 is 12.0 Å². The highest BCUT2D eigenvalue weighted by Gasteiger charge is 2.11. The van der Waals surface area contributed by atoms with Gasteiger partial charge < -0.3 is 16.2 Å². The van der Waals surface area contributed by atoms with Gasteiger partial charge in [0.1, 0.15) is 6.04 Å². The monoisotopic (exact) mass is 270 g/mol. The molecule has 0 saturated carbocycles. The molecule has 18 heavy (non-hydrogen) atoms. The van der Waals surface area contributed by atoms with Crippen molar-refractivity contribution in [2.45, 2.75) is 18.9 Å². The molecule has 0 fully saturated rings. The summed E-state index contributed by atoms with van der Waals surface area (Å²) in [7, 11) is 0. The number of carboxylic acid groups (broad SMARTS) is 1. The van der Waals surface area contributed by atoms with Gasteiger partial charge in [-0.25, -0.2) is 0 Å². The van der Waals surface area contributed by atoms with E-state index in [0.717, 1.165) is 5.56 Å². The molecule has 0 aromatic heterocycles. The fourth-order valence-electron chi connectivity index (χ4n) is 1.37. The van der Waals surface area contributed by atoms with E-state index in [4.69, 9.17) is 22.4 Å². The maximum Gasteiger partial charge on any atom is 0.320 e. The second-order valence-corrected chi connectivity index (χ2v) is 4.21. The Morgan fingerprint density at radius 2 is 1.94 bits per heavy atom. The molecule has 0 aliphatic carbocycles. The van der Waals surface area contributed by atoms with Crippen LogP contribution in [0.15, 0.2) is 24.3 Å². The lowest BCUT2D eigenvalue weighted by Gasteiger charge is -2.08. The van der Waals surface area contributed by atoms with E-state index in [1.165, 1.54) is 0 Å². The van der Waals surface area contributed by atoms with Crippen LogP contribution in [0.3, 0.4) is 0 Å². The number of nitrogens with one attached hydrogen (secondary N) is 1. The van der Waals surface area contributed by atoms with Gasteiger partial charge in [0.15, 0.2) is 0 Å². The fourth-order valence-corrected chi connectivity index (χ4v) is 1.55. The van der Waals surface area contributed by atoms with Crippen molar-refractivity contribution in [2.75, 3.05) is 11.2 Å². The molecule has 0 bridgehead atoms. The third kappa shape index (κ3) is 4.73. The van der Waals surface area contributed by atoms with E-state index in [1.807, 2.05) is 0 Å². The molecule has 0 spiro atoms. The van der Waals surface area contributed by atoms with Gasteiger partial charge in [-0.05, 0) is 24.1 Å². The van der Waals surface area contributed by atoms with Crippen molar-refractivity contribution in [2.24, 2.45) is 5.73 Å². The Morgan fingerprint density at radius 1 is 1.33 bits per heavy atom. The predicted molar refractivity (Wildman–Crippen MR) is 69.7 cm³/mol. The summed E-state index contributed by atoms with van der Waals surface area (Å²) in [6.45, 7) is 0. The first-order valence-electron chi connectivity index (χ1n) is 5.46. The Bertz CT molecular complexity index is 420. The molecule has 0 radical (unpaired) electrons. The molecule has 1 unspecified atom stereocenters. The molecule has 0 heterocycles. The number of aliphatic carboxylic acids is 1. The van der Waals surface area contributed by atoms with Gasteiger partial charge in [0.2, 0.25) is 5.91 Å². The van der Waals surface area contributed by atoms with Gasteiger partial charge in [-0.2, -0.15) is 0 Å². The molecule has 1 aromatic rings. The number of anilines is 1. The lowest BCUT2D eigenvalue weighted by atomic mass is 10.1. The van der Waals surface area contributed by atoms with Gasteiger partial charge in [0.25, 0.3) is 0 Å². The Balaban J connectivity index is 2.57. The predicted octanol–water partition coefficient (Wildman–Crippen LogP) is 1.21. The van der Waals surface area contributed by atoms with Crippen LogP contribution >= 0.6 is 11.6 Å². The summed E-state index contributed by atoms with van der Waals surface area (Å²) in [6, 6.07) is 5.96. The van der Waals surface area contributed by atoms with E-state index in [-0.39, 0.29) is 24.6 Å². The van der Waals surface area contributed by atoms with E-state index in [2.05, 4.69) is 5.32 Å². The minimum Gasteiger partial charge on any atom is -0.480 e. The van der Waals surface area contributed by atoms with Crippen LogP contribution in [0.1, 0.15) is 12.0 Å². The van der Waals surface area contributed by atoms with Crippen molar-refractivity contribution in [3.05, 3.63) is 29.8 Å². The van der Waals surface area contributed by atoms with Gasteiger partial charge in [-0.1, -0.05) is 12.1 Å². The standard InChI is InChI=1S/C12H15ClN2O3/c13-6-5-11(16)15-9-3-1-8(2-4-9)7-10(14)12(17)18/h1-4,10H,5-7,14H2,(H,15,16)(H,17,18). The van der Waals surface area contributed by atoms with E-state index in [9.17, 15) is 9.59 Å². The first-order valence-corrected chi connectivity index (χ1v) is 5.99.